The Bertz CT molecular complexity index is 413. The van der Waals surface area contributed by atoms with Gasteiger partial charge in [0.05, 0.1) is 0 Å². The molecule has 1 saturated carbocycles. The molecule has 0 radical (unpaired) electrons. The van der Waals surface area contributed by atoms with Crippen molar-refractivity contribution in [3.05, 3.63) is 42.0 Å². The Hall–Kier alpha value is -1.28. The summed E-state index contributed by atoms with van der Waals surface area (Å²) >= 11 is 0. The minimum atomic E-state index is 0.396. The number of phenols is 1. The predicted octanol–water partition coefficient (Wildman–Crippen LogP) is 2.45. The van der Waals surface area contributed by atoms with Crippen molar-refractivity contribution >= 4 is 0 Å². The largest absolute Gasteiger partial charge is 0.508 e. The quantitative estimate of drug-likeness (QED) is 0.759. The Kier molecular flexibility index (Phi) is 2.44. The van der Waals surface area contributed by atoms with Crippen LogP contribution in [0.5, 0.6) is 5.75 Å². The zero-order chi connectivity index (χ0) is 11.0. The highest BCUT2D eigenvalue weighted by molar-refractivity contribution is 5.31. The van der Waals surface area contributed by atoms with Crippen molar-refractivity contribution in [2.24, 2.45) is 11.8 Å². The molecular formula is C14H17NO. The van der Waals surface area contributed by atoms with Gasteiger partial charge in [-0.25, -0.2) is 0 Å². The minimum Gasteiger partial charge on any atom is -0.508 e. The van der Waals surface area contributed by atoms with E-state index in [0.29, 0.717) is 11.8 Å². The minimum absolute atomic E-state index is 0.396. The third-order valence-electron chi connectivity index (χ3n) is 3.91. The van der Waals surface area contributed by atoms with E-state index in [0.717, 1.165) is 23.9 Å². The van der Waals surface area contributed by atoms with Crippen LogP contribution < -0.4 is 5.32 Å². The number of allylic oxidation sites excluding steroid dienone is 1. The van der Waals surface area contributed by atoms with Crippen molar-refractivity contribution in [1.82, 2.24) is 5.32 Å². The maximum atomic E-state index is 9.65. The first-order valence-corrected chi connectivity index (χ1v) is 6.01. The second-order valence-electron chi connectivity index (χ2n) is 4.85. The second-order valence-corrected chi connectivity index (χ2v) is 4.85. The van der Waals surface area contributed by atoms with Crippen molar-refractivity contribution in [2.75, 3.05) is 0 Å². The van der Waals surface area contributed by atoms with Gasteiger partial charge in [-0.1, -0.05) is 30.4 Å². The molecule has 3 atom stereocenters. The molecule has 2 heteroatoms. The fraction of sp³-hybridized carbons (Fsp3) is 0.429. The van der Waals surface area contributed by atoms with Crippen LogP contribution in [0.1, 0.15) is 18.4 Å². The zero-order valence-corrected chi connectivity index (χ0v) is 9.26. The van der Waals surface area contributed by atoms with Gasteiger partial charge >= 0.3 is 0 Å². The Morgan fingerprint density at radius 1 is 1.31 bits per heavy atom. The number of aromatic hydroxyl groups is 1. The highest BCUT2D eigenvalue weighted by Gasteiger charge is 2.40. The normalized spacial score (nSPS) is 31.1. The van der Waals surface area contributed by atoms with Crippen LogP contribution in [0, 0.1) is 11.8 Å². The maximum absolute atomic E-state index is 9.65. The van der Waals surface area contributed by atoms with Crippen LogP contribution >= 0.6 is 0 Å². The molecule has 0 saturated heterocycles. The van der Waals surface area contributed by atoms with Crippen LogP contribution in [0.4, 0.5) is 0 Å². The number of nitrogens with one attached hydrogen (secondary N) is 1. The van der Waals surface area contributed by atoms with Gasteiger partial charge in [0.25, 0.3) is 0 Å². The molecular weight excluding hydrogens is 198 g/mol. The van der Waals surface area contributed by atoms with Crippen LogP contribution in [0.2, 0.25) is 0 Å². The van der Waals surface area contributed by atoms with Gasteiger partial charge in [0.1, 0.15) is 5.75 Å². The summed E-state index contributed by atoms with van der Waals surface area (Å²) in [5, 5.41) is 13.2. The molecule has 1 aromatic carbocycles. The summed E-state index contributed by atoms with van der Waals surface area (Å²) in [5.41, 5.74) is 0.993. The van der Waals surface area contributed by atoms with Gasteiger partial charge in [0.2, 0.25) is 0 Å². The van der Waals surface area contributed by atoms with Crippen molar-refractivity contribution in [3.8, 4) is 5.75 Å². The van der Waals surface area contributed by atoms with Gasteiger partial charge in [-0.3, -0.25) is 0 Å². The van der Waals surface area contributed by atoms with Crippen molar-refractivity contribution in [1.29, 1.82) is 0 Å². The Balaban J connectivity index is 1.58. The number of hydrogen-bond acceptors (Lipinski definition) is 2. The molecule has 2 nitrogen and oxygen atoms in total. The number of para-hydroxylation sites is 1. The van der Waals surface area contributed by atoms with E-state index in [1.165, 1.54) is 12.8 Å². The molecule has 1 aromatic rings. The molecule has 1 fully saturated rings. The van der Waals surface area contributed by atoms with Gasteiger partial charge in [0.15, 0.2) is 0 Å². The molecule has 0 aromatic heterocycles. The molecule has 2 N–H and O–H groups in total. The van der Waals surface area contributed by atoms with Crippen LogP contribution in [-0.2, 0) is 6.54 Å². The first-order valence-electron chi connectivity index (χ1n) is 6.01. The van der Waals surface area contributed by atoms with Gasteiger partial charge < -0.3 is 10.4 Å². The van der Waals surface area contributed by atoms with Gasteiger partial charge in [-0.05, 0) is 30.7 Å². The second kappa shape index (κ2) is 3.95. The molecule has 2 aliphatic rings. The number of rotatable bonds is 3. The monoisotopic (exact) mass is 215 g/mol. The molecule has 84 valence electrons. The summed E-state index contributed by atoms with van der Waals surface area (Å²) < 4.78 is 0. The lowest BCUT2D eigenvalue weighted by atomic mass is 9.71. The van der Waals surface area contributed by atoms with Crippen LogP contribution in [-0.4, -0.2) is 11.1 Å². The van der Waals surface area contributed by atoms with Gasteiger partial charge in [-0.2, -0.15) is 0 Å². The van der Waals surface area contributed by atoms with Crippen LogP contribution in [0.3, 0.4) is 0 Å². The van der Waals surface area contributed by atoms with Crippen molar-refractivity contribution in [2.45, 2.75) is 25.4 Å². The summed E-state index contributed by atoms with van der Waals surface area (Å²) in [6.07, 6.45) is 7.19. The zero-order valence-electron chi connectivity index (χ0n) is 9.26. The van der Waals surface area contributed by atoms with Crippen LogP contribution in [0.15, 0.2) is 36.4 Å². The number of hydrogen-bond donors (Lipinski definition) is 2. The smallest absolute Gasteiger partial charge is 0.120 e. The van der Waals surface area contributed by atoms with E-state index in [9.17, 15) is 5.11 Å². The van der Waals surface area contributed by atoms with Crippen LogP contribution in [0.25, 0.3) is 0 Å². The number of fused-ring (bicyclic) bond motifs is 1. The maximum Gasteiger partial charge on any atom is 0.120 e. The topological polar surface area (TPSA) is 32.3 Å². The van der Waals surface area contributed by atoms with E-state index in [2.05, 4.69) is 17.5 Å². The predicted molar refractivity (Wildman–Crippen MR) is 64.1 cm³/mol. The highest BCUT2D eigenvalue weighted by Crippen LogP contribution is 2.42. The van der Waals surface area contributed by atoms with Gasteiger partial charge in [0, 0.05) is 18.2 Å². The third-order valence-corrected chi connectivity index (χ3v) is 3.91. The SMILES string of the molecule is Oc1ccccc1CNC1CC2CC=CC21. The molecule has 0 spiro atoms. The summed E-state index contributed by atoms with van der Waals surface area (Å²) in [5.74, 6) is 2.03. The molecule has 3 unspecified atom stereocenters. The Labute approximate surface area is 96.0 Å². The molecule has 0 bridgehead atoms. The first-order chi connectivity index (χ1) is 7.84. The lowest BCUT2D eigenvalue weighted by molar-refractivity contribution is 0.162. The lowest BCUT2D eigenvalue weighted by Gasteiger charge is -2.40. The first kappa shape index (κ1) is 9.91. The molecule has 0 aliphatic heterocycles. The summed E-state index contributed by atoms with van der Waals surface area (Å²) in [4.78, 5) is 0. The molecule has 0 heterocycles. The lowest BCUT2D eigenvalue weighted by Crippen LogP contribution is -2.47. The Morgan fingerprint density at radius 2 is 2.19 bits per heavy atom. The van der Waals surface area contributed by atoms with E-state index in [4.69, 9.17) is 0 Å². The molecule has 0 amide bonds. The third kappa shape index (κ3) is 1.63. The molecule has 16 heavy (non-hydrogen) atoms. The van der Waals surface area contributed by atoms with E-state index in [1.54, 1.807) is 6.07 Å². The number of benzene rings is 1. The highest BCUT2D eigenvalue weighted by atomic mass is 16.3. The van der Waals surface area contributed by atoms with Crippen molar-refractivity contribution in [3.63, 3.8) is 0 Å². The summed E-state index contributed by atoms with van der Waals surface area (Å²) in [7, 11) is 0. The fourth-order valence-corrected chi connectivity index (χ4v) is 2.85. The average Bonchev–Trinajstić information content (AvgIpc) is 2.63. The van der Waals surface area contributed by atoms with E-state index < -0.39 is 0 Å². The van der Waals surface area contributed by atoms with E-state index in [-0.39, 0.29) is 0 Å². The number of phenolic OH excluding ortho intramolecular Hbond substituents is 1. The van der Waals surface area contributed by atoms with Crippen molar-refractivity contribution < 1.29 is 5.11 Å². The average molecular weight is 215 g/mol. The summed E-state index contributed by atoms with van der Waals surface area (Å²) in [6, 6.07) is 8.16. The van der Waals surface area contributed by atoms with Gasteiger partial charge in [-0.15, -0.1) is 0 Å². The van der Waals surface area contributed by atoms with E-state index >= 15 is 0 Å². The standard InChI is InChI=1S/C14H17NO/c16-14-7-2-1-4-11(14)9-15-13-8-10-5-3-6-12(10)13/h1-4,6-7,10,12-13,15-16H,5,8-9H2. The fourth-order valence-electron chi connectivity index (χ4n) is 2.85. The summed E-state index contributed by atoms with van der Waals surface area (Å²) in [6.45, 7) is 0.772. The molecule has 2 aliphatic carbocycles. The molecule has 3 rings (SSSR count). The Morgan fingerprint density at radius 3 is 3.00 bits per heavy atom. The van der Waals surface area contributed by atoms with E-state index in [1.807, 2.05) is 18.2 Å².